The third-order valence-electron chi connectivity index (χ3n) is 3.55. The van der Waals surface area contributed by atoms with Crippen LogP contribution < -0.4 is 10.7 Å². The molecule has 0 saturated carbocycles. The molecule has 1 aliphatic heterocycles. The number of hydrogen-bond acceptors (Lipinski definition) is 4. The fourth-order valence-corrected chi connectivity index (χ4v) is 3.24. The lowest BCUT2D eigenvalue weighted by atomic mass is 10.00. The number of hydrogen-bond donors (Lipinski definition) is 3. The van der Waals surface area contributed by atoms with E-state index in [0.717, 1.165) is 19.3 Å². The van der Waals surface area contributed by atoms with Crippen LogP contribution in [-0.2, 0) is 0 Å². The van der Waals surface area contributed by atoms with Crippen molar-refractivity contribution in [2.45, 2.75) is 45.2 Å². The molecule has 1 fully saturated rings. The van der Waals surface area contributed by atoms with Gasteiger partial charge in [0.2, 0.25) is 0 Å². The Morgan fingerprint density at radius 3 is 2.60 bits per heavy atom. The highest BCUT2D eigenvalue weighted by molar-refractivity contribution is 7.14. The van der Waals surface area contributed by atoms with Crippen molar-refractivity contribution < 1.29 is 14.7 Å². The largest absolute Gasteiger partial charge is 0.478 e. The van der Waals surface area contributed by atoms with Gasteiger partial charge < -0.3 is 5.11 Å². The second-order valence-corrected chi connectivity index (χ2v) is 5.99. The first-order chi connectivity index (χ1) is 9.49. The Hall–Kier alpha value is -1.60. The molecule has 0 spiro atoms. The van der Waals surface area contributed by atoms with Crippen LogP contribution in [0.4, 0.5) is 9.80 Å². The highest BCUT2D eigenvalue weighted by Gasteiger charge is 2.26. The number of urea groups is 1. The summed E-state index contributed by atoms with van der Waals surface area (Å²) in [5, 5.41) is 15.5. The lowest BCUT2D eigenvalue weighted by Crippen LogP contribution is -2.55. The number of piperidine rings is 1. The summed E-state index contributed by atoms with van der Waals surface area (Å²) in [6.07, 6.45) is 3.25. The zero-order chi connectivity index (χ0) is 14.7. The molecule has 1 aromatic rings. The molecular formula is C13H19N3O3S. The van der Waals surface area contributed by atoms with Gasteiger partial charge in [0.1, 0.15) is 5.00 Å². The average molecular weight is 297 g/mol. The fourth-order valence-electron chi connectivity index (χ4n) is 2.46. The molecule has 1 aromatic heterocycles. The summed E-state index contributed by atoms with van der Waals surface area (Å²) in [5.41, 5.74) is 2.94. The molecule has 2 heterocycles. The standard InChI is InChI=1S/C13H19N3O3S/c1-8-4-3-5-9(2)16(8)15-13(19)14-11-10(12(17)18)6-7-20-11/h6-9H,3-5H2,1-2H3,(H,17,18)(H2,14,15,19). The average Bonchev–Trinajstić information content (AvgIpc) is 2.82. The van der Waals surface area contributed by atoms with Crippen molar-refractivity contribution in [1.29, 1.82) is 0 Å². The van der Waals surface area contributed by atoms with E-state index in [1.54, 1.807) is 5.38 Å². The zero-order valence-electron chi connectivity index (χ0n) is 11.5. The van der Waals surface area contributed by atoms with Crippen molar-refractivity contribution in [2.24, 2.45) is 0 Å². The van der Waals surface area contributed by atoms with Crippen LogP contribution in [-0.4, -0.2) is 34.2 Å². The van der Waals surface area contributed by atoms with Crippen molar-refractivity contribution >= 4 is 28.3 Å². The molecule has 3 N–H and O–H groups in total. The molecule has 110 valence electrons. The maximum Gasteiger partial charge on any atom is 0.338 e. The van der Waals surface area contributed by atoms with E-state index in [-0.39, 0.29) is 17.6 Å². The number of anilines is 1. The van der Waals surface area contributed by atoms with Gasteiger partial charge >= 0.3 is 12.0 Å². The van der Waals surface area contributed by atoms with E-state index < -0.39 is 12.0 Å². The molecule has 0 bridgehead atoms. The minimum Gasteiger partial charge on any atom is -0.478 e. The molecule has 1 saturated heterocycles. The minimum atomic E-state index is -1.04. The van der Waals surface area contributed by atoms with Gasteiger partial charge in [-0.25, -0.2) is 14.6 Å². The van der Waals surface area contributed by atoms with Gasteiger partial charge in [0.15, 0.2) is 0 Å². The number of rotatable bonds is 3. The summed E-state index contributed by atoms with van der Waals surface area (Å²) in [5.74, 6) is -1.04. The summed E-state index contributed by atoms with van der Waals surface area (Å²) in [7, 11) is 0. The van der Waals surface area contributed by atoms with E-state index in [4.69, 9.17) is 5.11 Å². The minimum absolute atomic E-state index is 0.116. The monoisotopic (exact) mass is 297 g/mol. The fraction of sp³-hybridized carbons (Fsp3) is 0.538. The highest BCUT2D eigenvalue weighted by atomic mass is 32.1. The van der Waals surface area contributed by atoms with Gasteiger partial charge in [-0.1, -0.05) is 6.42 Å². The first kappa shape index (κ1) is 14.8. The molecule has 2 atom stereocenters. The van der Waals surface area contributed by atoms with Crippen LogP contribution in [0.3, 0.4) is 0 Å². The normalized spacial score (nSPS) is 23.3. The zero-order valence-corrected chi connectivity index (χ0v) is 12.4. The van der Waals surface area contributed by atoms with E-state index >= 15 is 0 Å². The Kier molecular flexibility index (Phi) is 4.61. The topological polar surface area (TPSA) is 81.7 Å². The molecule has 0 aliphatic carbocycles. The lowest BCUT2D eigenvalue weighted by Gasteiger charge is -2.38. The van der Waals surface area contributed by atoms with Crippen LogP contribution in [0.25, 0.3) is 0 Å². The molecule has 1 aliphatic rings. The number of carbonyl (C=O) groups is 2. The van der Waals surface area contributed by atoms with Crippen LogP contribution in [0.5, 0.6) is 0 Å². The smallest absolute Gasteiger partial charge is 0.338 e. The Balaban J connectivity index is 1.98. The van der Waals surface area contributed by atoms with Gasteiger partial charge in [-0.2, -0.15) is 0 Å². The van der Waals surface area contributed by atoms with Crippen molar-refractivity contribution in [3.8, 4) is 0 Å². The van der Waals surface area contributed by atoms with Crippen LogP contribution in [0.1, 0.15) is 43.5 Å². The molecule has 7 heteroatoms. The summed E-state index contributed by atoms with van der Waals surface area (Å²) >= 11 is 1.20. The number of nitrogens with zero attached hydrogens (tertiary/aromatic N) is 1. The van der Waals surface area contributed by atoms with Gasteiger partial charge in [0.25, 0.3) is 0 Å². The maximum absolute atomic E-state index is 12.0. The van der Waals surface area contributed by atoms with Gasteiger partial charge in [-0.05, 0) is 38.1 Å². The van der Waals surface area contributed by atoms with Gasteiger partial charge in [0, 0.05) is 12.1 Å². The molecule has 2 amide bonds. The van der Waals surface area contributed by atoms with E-state index in [1.807, 2.05) is 5.01 Å². The number of carbonyl (C=O) groups excluding carboxylic acids is 1. The third-order valence-corrected chi connectivity index (χ3v) is 4.38. The summed E-state index contributed by atoms with van der Waals surface area (Å²) in [6, 6.07) is 1.66. The van der Waals surface area contributed by atoms with E-state index in [1.165, 1.54) is 17.4 Å². The SMILES string of the molecule is CC1CCCC(C)N1NC(=O)Nc1sccc1C(=O)O. The van der Waals surface area contributed by atoms with Gasteiger partial charge in [0.05, 0.1) is 5.56 Å². The summed E-state index contributed by atoms with van der Waals surface area (Å²) < 4.78 is 0. The number of carboxylic acid groups (broad SMARTS) is 1. The Morgan fingerprint density at radius 1 is 1.35 bits per heavy atom. The second-order valence-electron chi connectivity index (χ2n) is 5.07. The van der Waals surface area contributed by atoms with Gasteiger partial charge in [-0.3, -0.25) is 10.7 Å². The molecule has 2 unspecified atom stereocenters. The van der Waals surface area contributed by atoms with Crippen molar-refractivity contribution in [1.82, 2.24) is 10.4 Å². The van der Waals surface area contributed by atoms with E-state index in [9.17, 15) is 9.59 Å². The Labute approximate surface area is 121 Å². The lowest BCUT2D eigenvalue weighted by molar-refractivity contribution is 0.0625. The number of nitrogens with one attached hydrogen (secondary N) is 2. The molecule has 6 nitrogen and oxygen atoms in total. The molecule has 0 aromatic carbocycles. The first-order valence-electron chi connectivity index (χ1n) is 6.65. The summed E-state index contributed by atoms with van der Waals surface area (Å²) in [6.45, 7) is 4.15. The molecular weight excluding hydrogens is 278 g/mol. The predicted octanol–water partition coefficient (Wildman–Crippen LogP) is 2.75. The van der Waals surface area contributed by atoms with Crippen molar-refractivity contribution in [3.63, 3.8) is 0 Å². The van der Waals surface area contributed by atoms with E-state index in [2.05, 4.69) is 24.6 Å². The first-order valence-corrected chi connectivity index (χ1v) is 7.53. The Morgan fingerprint density at radius 2 is 2.00 bits per heavy atom. The number of hydrazine groups is 1. The van der Waals surface area contributed by atoms with Crippen LogP contribution in [0, 0.1) is 0 Å². The summed E-state index contributed by atoms with van der Waals surface area (Å²) in [4.78, 5) is 23.0. The van der Waals surface area contributed by atoms with Crippen molar-refractivity contribution in [2.75, 3.05) is 5.32 Å². The maximum atomic E-state index is 12.0. The number of carboxylic acids is 1. The van der Waals surface area contributed by atoms with Crippen LogP contribution in [0.2, 0.25) is 0 Å². The third kappa shape index (κ3) is 3.29. The predicted molar refractivity (Wildman–Crippen MR) is 78.0 cm³/mol. The van der Waals surface area contributed by atoms with Crippen LogP contribution in [0.15, 0.2) is 11.4 Å². The molecule has 0 radical (unpaired) electrons. The van der Waals surface area contributed by atoms with E-state index in [0.29, 0.717) is 5.00 Å². The number of aromatic carboxylic acids is 1. The second kappa shape index (κ2) is 6.23. The highest BCUT2D eigenvalue weighted by Crippen LogP contribution is 2.24. The van der Waals surface area contributed by atoms with Gasteiger partial charge in [-0.15, -0.1) is 11.3 Å². The van der Waals surface area contributed by atoms with Crippen LogP contribution >= 0.6 is 11.3 Å². The molecule has 2 rings (SSSR count). The quantitative estimate of drug-likeness (QED) is 0.801. The number of amides is 2. The molecule has 20 heavy (non-hydrogen) atoms. The number of thiophene rings is 1. The Bertz CT molecular complexity index is 493. The van der Waals surface area contributed by atoms with Crippen molar-refractivity contribution in [3.05, 3.63) is 17.0 Å².